The Morgan fingerprint density at radius 3 is 3.11 bits per heavy atom. The molecular weight excluding hydrogens is 240 g/mol. The fourth-order valence-corrected chi connectivity index (χ4v) is 2.28. The molecule has 1 heterocycles. The first-order valence-corrected chi connectivity index (χ1v) is 6.91. The van der Waals surface area contributed by atoms with Crippen molar-refractivity contribution in [3.8, 4) is 5.75 Å². The second kappa shape index (κ2) is 6.57. The van der Waals surface area contributed by atoms with Crippen molar-refractivity contribution < 1.29 is 9.53 Å². The molecule has 0 spiro atoms. The lowest BCUT2D eigenvalue weighted by atomic mass is 9.96. The van der Waals surface area contributed by atoms with E-state index < -0.39 is 0 Å². The third-order valence-corrected chi connectivity index (χ3v) is 3.39. The average Bonchev–Trinajstić information content (AvgIpc) is 2.42. The van der Waals surface area contributed by atoms with Gasteiger partial charge in [0.2, 0.25) is 5.91 Å². The van der Waals surface area contributed by atoms with Gasteiger partial charge in [-0.3, -0.25) is 4.79 Å². The minimum atomic E-state index is -0.0785. The molecule has 1 amide bonds. The van der Waals surface area contributed by atoms with E-state index in [9.17, 15) is 4.79 Å². The number of ether oxygens (including phenoxy) is 1. The van der Waals surface area contributed by atoms with Gasteiger partial charge in [0.05, 0.1) is 5.92 Å². The van der Waals surface area contributed by atoms with Crippen molar-refractivity contribution in [2.45, 2.75) is 32.2 Å². The van der Waals surface area contributed by atoms with E-state index in [-0.39, 0.29) is 17.9 Å². The number of hydrogen-bond acceptors (Lipinski definition) is 3. The molecule has 1 aliphatic rings. The Bertz CT molecular complexity index is 432. The van der Waals surface area contributed by atoms with E-state index in [2.05, 4.69) is 5.32 Å². The lowest BCUT2D eigenvalue weighted by Crippen LogP contribution is -2.38. The molecule has 0 bridgehead atoms. The van der Waals surface area contributed by atoms with E-state index in [4.69, 9.17) is 10.5 Å². The zero-order valence-corrected chi connectivity index (χ0v) is 11.4. The van der Waals surface area contributed by atoms with Crippen molar-refractivity contribution in [1.82, 2.24) is 5.32 Å². The van der Waals surface area contributed by atoms with Crippen LogP contribution >= 0.6 is 0 Å². The highest BCUT2D eigenvalue weighted by atomic mass is 16.5. The molecular formula is C15H22N2O2. The molecule has 2 atom stereocenters. The number of carbonyl (C=O) groups is 1. The first-order chi connectivity index (χ1) is 9.16. The van der Waals surface area contributed by atoms with Crippen LogP contribution in [-0.4, -0.2) is 25.1 Å². The largest absolute Gasteiger partial charge is 0.492 e. The molecule has 0 fully saturated rings. The molecule has 1 aliphatic heterocycles. The van der Waals surface area contributed by atoms with Gasteiger partial charge in [-0.2, -0.15) is 0 Å². The van der Waals surface area contributed by atoms with Gasteiger partial charge in [0.15, 0.2) is 0 Å². The molecule has 4 heteroatoms. The Balaban J connectivity index is 1.79. The SMILES string of the molecule is CC(N)CCCNC(=O)C1COc2ccccc2C1. The van der Waals surface area contributed by atoms with E-state index in [1.54, 1.807) is 0 Å². The number of amides is 1. The zero-order chi connectivity index (χ0) is 13.7. The highest BCUT2D eigenvalue weighted by Crippen LogP contribution is 2.26. The van der Waals surface area contributed by atoms with Crippen LogP contribution in [0.2, 0.25) is 0 Å². The second-order valence-corrected chi connectivity index (χ2v) is 5.23. The van der Waals surface area contributed by atoms with Gasteiger partial charge in [0.25, 0.3) is 0 Å². The highest BCUT2D eigenvalue weighted by molar-refractivity contribution is 5.79. The normalized spacial score (nSPS) is 19.2. The number of fused-ring (bicyclic) bond motifs is 1. The number of para-hydroxylation sites is 1. The summed E-state index contributed by atoms with van der Waals surface area (Å²) in [6.45, 7) is 3.14. The number of benzene rings is 1. The predicted molar refractivity (Wildman–Crippen MR) is 75.0 cm³/mol. The maximum Gasteiger partial charge on any atom is 0.226 e. The molecule has 0 aromatic heterocycles. The van der Waals surface area contributed by atoms with Crippen LogP contribution in [0, 0.1) is 5.92 Å². The lowest BCUT2D eigenvalue weighted by molar-refractivity contribution is -0.126. The lowest BCUT2D eigenvalue weighted by Gasteiger charge is -2.24. The monoisotopic (exact) mass is 262 g/mol. The smallest absolute Gasteiger partial charge is 0.226 e. The first-order valence-electron chi connectivity index (χ1n) is 6.91. The summed E-state index contributed by atoms with van der Waals surface area (Å²) >= 11 is 0. The number of nitrogens with one attached hydrogen (secondary N) is 1. The minimum absolute atomic E-state index is 0.0785. The van der Waals surface area contributed by atoms with Crippen LogP contribution in [0.25, 0.3) is 0 Å². The molecule has 2 unspecified atom stereocenters. The van der Waals surface area contributed by atoms with E-state index in [0.29, 0.717) is 13.2 Å². The maximum atomic E-state index is 12.0. The van der Waals surface area contributed by atoms with Gasteiger partial charge >= 0.3 is 0 Å². The van der Waals surface area contributed by atoms with Crippen molar-refractivity contribution in [2.24, 2.45) is 11.7 Å². The molecule has 4 nitrogen and oxygen atoms in total. The zero-order valence-electron chi connectivity index (χ0n) is 11.4. The fraction of sp³-hybridized carbons (Fsp3) is 0.533. The molecule has 104 valence electrons. The van der Waals surface area contributed by atoms with Crippen molar-refractivity contribution in [2.75, 3.05) is 13.2 Å². The Morgan fingerprint density at radius 2 is 2.32 bits per heavy atom. The van der Waals surface area contributed by atoms with Crippen LogP contribution < -0.4 is 15.8 Å². The summed E-state index contributed by atoms with van der Waals surface area (Å²) in [5, 5.41) is 2.96. The van der Waals surface area contributed by atoms with Gasteiger partial charge in [0, 0.05) is 12.6 Å². The van der Waals surface area contributed by atoms with E-state index in [1.165, 1.54) is 0 Å². The third-order valence-electron chi connectivity index (χ3n) is 3.39. The van der Waals surface area contributed by atoms with Crippen LogP contribution in [0.1, 0.15) is 25.3 Å². The molecule has 0 aliphatic carbocycles. The van der Waals surface area contributed by atoms with Crippen LogP contribution in [0.5, 0.6) is 5.75 Å². The van der Waals surface area contributed by atoms with Crippen LogP contribution in [-0.2, 0) is 11.2 Å². The number of rotatable bonds is 5. The van der Waals surface area contributed by atoms with Gasteiger partial charge in [0.1, 0.15) is 12.4 Å². The Hall–Kier alpha value is -1.55. The molecule has 0 saturated carbocycles. The highest BCUT2D eigenvalue weighted by Gasteiger charge is 2.25. The average molecular weight is 262 g/mol. The van der Waals surface area contributed by atoms with E-state index in [1.807, 2.05) is 31.2 Å². The van der Waals surface area contributed by atoms with Gasteiger partial charge in [-0.05, 0) is 37.8 Å². The second-order valence-electron chi connectivity index (χ2n) is 5.23. The molecule has 19 heavy (non-hydrogen) atoms. The van der Waals surface area contributed by atoms with Gasteiger partial charge in [-0.25, -0.2) is 0 Å². The summed E-state index contributed by atoms with van der Waals surface area (Å²) in [6, 6.07) is 8.09. The van der Waals surface area contributed by atoms with Gasteiger partial charge in [-0.15, -0.1) is 0 Å². The molecule has 2 rings (SSSR count). The summed E-state index contributed by atoms with van der Waals surface area (Å²) in [7, 11) is 0. The summed E-state index contributed by atoms with van der Waals surface area (Å²) in [4.78, 5) is 12.0. The summed E-state index contributed by atoms with van der Waals surface area (Å²) in [5.41, 5.74) is 6.79. The van der Waals surface area contributed by atoms with Crippen molar-refractivity contribution in [3.63, 3.8) is 0 Å². The molecule has 0 saturated heterocycles. The van der Waals surface area contributed by atoms with Crippen molar-refractivity contribution in [1.29, 1.82) is 0 Å². The topological polar surface area (TPSA) is 64.3 Å². The summed E-state index contributed by atoms with van der Waals surface area (Å²) in [5.74, 6) is 0.910. The molecule has 3 N–H and O–H groups in total. The Kier molecular flexibility index (Phi) is 4.80. The van der Waals surface area contributed by atoms with Crippen molar-refractivity contribution in [3.05, 3.63) is 29.8 Å². The quantitative estimate of drug-likeness (QED) is 0.790. The van der Waals surface area contributed by atoms with Crippen LogP contribution in [0.4, 0.5) is 0 Å². The standard InChI is InChI=1S/C15H22N2O2/c1-11(16)5-4-8-17-15(18)13-9-12-6-2-3-7-14(12)19-10-13/h2-3,6-7,11,13H,4-5,8-10,16H2,1H3,(H,17,18). The van der Waals surface area contributed by atoms with Crippen LogP contribution in [0.15, 0.2) is 24.3 Å². The molecule has 1 aromatic rings. The fourth-order valence-electron chi connectivity index (χ4n) is 2.28. The molecule has 0 radical (unpaired) electrons. The van der Waals surface area contributed by atoms with Crippen LogP contribution in [0.3, 0.4) is 0 Å². The van der Waals surface area contributed by atoms with Gasteiger partial charge < -0.3 is 15.8 Å². The third kappa shape index (κ3) is 3.96. The Labute approximate surface area is 114 Å². The molecule has 1 aromatic carbocycles. The van der Waals surface area contributed by atoms with Gasteiger partial charge in [-0.1, -0.05) is 18.2 Å². The Morgan fingerprint density at radius 1 is 1.53 bits per heavy atom. The number of nitrogens with two attached hydrogens (primary N) is 1. The van der Waals surface area contributed by atoms with E-state index >= 15 is 0 Å². The summed E-state index contributed by atoms with van der Waals surface area (Å²) < 4.78 is 5.62. The summed E-state index contributed by atoms with van der Waals surface area (Å²) in [6.07, 6.45) is 2.62. The van der Waals surface area contributed by atoms with Crippen molar-refractivity contribution >= 4 is 5.91 Å². The maximum absolute atomic E-state index is 12.0. The van der Waals surface area contributed by atoms with E-state index in [0.717, 1.165) is 30.6 Å². The number of hydrogen-bond donors (Lipinski definition) is 2. The minimum Gasteiger partial charge on any atom is -0.492 e. The first kappa shape index (κ1) is 13.9. The predicted octanol–water partition coefficient (Wildman–Crippen LogP) is 1.48. The number of carbonyl (C=O) groups excluding carboxylic acids is 1.